The van der Waals surface area contributed by atoms with Gasteiger partial charge in [0, 0.05) is 11.8 Å². The van der Waals surface area contributed by atoms with Gasteiger partial charge in [0.25, 0.3) is 0 Å². The Hall–Kier alpha value is -0.790. The van der Waals surface area contributed by atoms with E-state index in [4.69, 9.17) is 4.74 Å². The van der Waals surface area contributed by atoms with Crippen molar-refractivity contribution in [2.24, 2.45) is 11.3 Å². The van der Waals surface area contributed by atoms with Crippen molar-refractivity contribution in [1.29, 1.82) is 0 Å². The molecule has 1 heterocycles. The van der Waals surface area contributed by atoms with Gasteiger partial charge in [-0.15, -0.1) is 0 Å². The smallest absolute Gasteiger partial charge is 0.305 e. The second kappa shape index (κ2) is 4.38. The number of cyclic esters (lactones) is 1. The molecule has 0 saturated carbocycles. The second-order valence-corrected chi connectivity index (χ2v) is 4.88. The Morgan fingerprint density at radius 1 is 1.53 bits per heavy atom. The van der Waals surface area contributed by atoms with Crippen LogP contribution >= 0.6 is 0 Å². The van der Waals surface area contributed by atoms with Crippen LogP contribution in [0.2, 0.25) is 0 Å². The standard InChI is InChI=1S/C12H18O2.CH4/c1-9-3-5-12(10(2)7-9)6-4-11(13)14-8-12;/h3,10H,4-8H2,1-2H3;1H4. The summed E-state index contributed by atoms with van der Waals surface area (Å²) in [7, 11) is 0. The molecule has 2 rings (SSSR count). The van der Waals surface area contributed by atoms with Crippen molar-refractivity contribution in [3.63, 3.8) is 0 Å². The highest BCUT2D eigenvalue weighted by molar-refractivity contribution is 5.70. The van der Waals surface area contributed by atoms with Crippen LogP contribution in [0, 0.1) is 11.3 Å². The summed E-state index contributed by atoms with van der Waals surface area (Å²) >= 11 is 0. The highest BCUT2D eigenvalue weighted by Gasteiger charge is 2.41. The molecule has 0 aromatic rings. The molecule has 2 unspecified atom stereocenters. The molecule has 0 aromatic heterocycles. The van der Waals surface area contributed by atoms with Crippen molar-refractivity contribution >= 4 is 5.97 Å². The number of hydrogen-bond donors (Lipinski definition) is 0. The number of esters is 1. The van der Waals surface area contributed by atoms with Gasteiger partial charge in [-0.05, 0) is 32.1 Å². The Bertz CT molecular complexity index is 268. The average Bonchev–Trinajstić information content (AvgIpc) is 2.16. The molecular weight excluding hydrogens is 188 g/mol. The van der Waals surface area contributed by atoms with Gasteiger partial charge < -0.3 is 4.74 Å². The molecule has 1 saturated heterocycles. The molecule has 1 spiro atoms. The normalized spacial score (nSPS) is 35.5. The fourth-order valence-electron chi connectivity index (χ4n) is 2.63. The predicted octanol–water partition coefficient (Wildman–Crippen LogP) is 3.32. The molecule has 2 aliphatic rings. The highest BCUT2D eigenvalue weighted by Crippen LogP contribution is 2.45. The molecule has 0 aromatic carbocycles. The molecule has 0 radical (unpaired) electrons. The first-order chi connectivity index (χ1) is 6.62. The fraction of sp³-hybridized carbons (Fsp3) is 0.769. The van der Waals surface area contributed by atoms with Crippen LogP contribution in [0.25, 0.3) is 0 Å². The van der Waals surface area contributed by atoms with Gasteiger partial charge >= 0.3 is 5.97 Å². The first-order valence-corrected chi connectivity index (χ1v) is 5.44. The van der Waals surface area contributed by atoms with E-state index < -0.39 is 0 Å². The molecule has 1 aliphatic heterocycles. The zero-order valence-electron chi connectivity index (χ0n) is 9.01. The topological polar surface area (TPSA) is 26.3 Å². The number of carbonyl (C=O) groups excluding carboxylic acids is 1. The molecule has 2 atom stereocenters. The van der Waals surface area contributed by atoms with Gasteiger partial charge in [0.2, 0.25) is 0 Å². The maximum absolute atomic E-state index is 11.0. The average molecular weight is 210 g/mol. The van der Waals surface area contributed by atoms with Crippen molar-refractivity contribution in [2.45, 2.75) is 47.0 Å². The Morgan fingerprint density at radius 3 is 2.80 bits per heavy atom. The van der Waals surface area contributed by atoms with Crippen molar-refractivity contribution in [3.05, 3.63) is 11.6 Å². The van der Waals surface area contributed by atoms with E-state index in [2.05, 4.69) is 19.9 Å². The molecule has 1 aliphatic carbocycles. The van der Waals surface area contributed by atoms with Gasteiger partial charge in [-0.1, -0.05) is 26.0 Å². The SMILES string of the molecule is C.CC1=CCC2(CCC(=O)OC2)C(C)C1. The van der Waals surface area contributed by atoms with Crippen molar-refractivity contribution in [3.8, 4) is 0 Å². The number of hydrogen-bond acceptors (Lipinski definition) is 2. The monoisotopic (exact) mass is 210 g/mol. The molecular formula is C13H22O2. The Kier molecular flexibility index (Phi) is 3.58. The number of ether oxygens (including phenoxy) is 1. The first kappa shape index (κ1) is 12.3. The minimum atomic E-state index is -0.0194. The summed E-state index contributed by atoms with van der Waals surface area (Å²) < 4.78 is 5.21. The summed E-state index contributed by atoms with van der Waals surface area (Å²) in [5.74, 6) is 0.634. The molecule has 0 bridgehead atoms. The summed E-state index contributed by atoms with van der Waals surface area (Å²) in [4.78, 5) is 11.0. The van der Waals surface area contributed by atoms with Crippen LogP contribution in [0.3, 0.4) is 0 Å². The van der Waals surface area contributed by atoms with Crippen LogP contribution in [0.5, 0.6) is 0 Å². The van der Waals surface area contributed by atoms with Crippen molar-refractivity contribution in [2.75, 3.05) is 6.61 Å². The molecule has 0 amide bonds. The van der Waals surface area contributed by atoms with Gasteiger partial charge in [0.15, 0.2) is 0 Å². The summed E-state index contributed by atoms with van der Waals surface area (Å²) in [5.41, 5.74) is 1.74. The fourth-order valence-corrected chi connectivity index (χ4v) is 2.63. The lowest BCUT2D eigenvalue weighted by Gasteiger charge is -2.43. The maximum Gasteiger partial charge on any atom is 0.305 e. The first-order valence-electron chi connectivity index (χ1n) is 5.44. The minimum Gasteiger partial charge on any atom is -0.465 e. The summed E-state index contributed by atoms with van der Waals surface area (Å²) in [5, 5.41) is 0. The van der Waals surface area contributed by atoms with Gasteiger partial charge in [-0.2, -0.15) is 0 Å². The van der Waals surface area contributed by atoms with E-state index >= 15 is 0 Å². The predicted molar refractivity (Wildman–Crippen MR) is 61.5 cm³/mol. The van der Waals surface area contributed by atoms with E-state index in [1.807, 2.05) is 0 Å². The Morgan fingerprint density at radius 2 is 2.27 bits per heavy atom. The van der Waals surface area contributed by atoms with E-state index in [9.17, 15) is 4.79 Å². The third-order valence-electron chi connectivity index (χ3n) is 3.88. The number of allylic oxidation sites excluding steroid dienone is 2. The van der Waals surface area contributed by atoms with Gasteiger partial charge in [-0.3, -0.25) is 4.79 Å². The molecule has 86 valence electrons. The van der Waals surface area contributed by atoms with Crippen molar-refractivity contribution < 1.29 is 9.53 Å². The maximum atomic E-state index is 11.0. The lowest BCUT2D eigenvalue weighted by atomic mass is 9.65. The largest absolute Gasteiger partial charge is 0.465 e. The van der Waals surface area contributed by atoms with Crippen LogP contribution in [-0.2, 0) is 9.53 Å². The minimum absolute atomic E-state index is 0. The quantitative estimate of drug-likeness (QED) is 0.453. The van der Waals surface area contributed by atoms with E-state index in [1.54, 1.807) is 0 Å². The lowest BCUT2D eigenvalue weighted by Crippen LogP contribution is -2.40. The third-order valence-corrected chi connectivity index (χ3v) is 3.88. The molecule has 0 N–H and O–H groups in total. The van der Waals surface area contributed by atoms with Crippen molar-refractivity contribution in [1.82, 2.24) is 0 Å². The number of rotatable bonds is 0. The molecule has 2 nitrogen and oxygen atoms in total. The summed E-state index contributed by atoms with van der Waals surface area (Å²) in [6.07, 6.45) is 6.19. The van der Waals surface area contributed by atoms with Crippen LogP contribution in [0.4, 0.5) is 0 Å². The molecule has 15 heavy (non-hydrogen) atoms. The number of carbonyl (C=O) groups is 1. The van der Waals surface area contributed by atoms with Gasteiger partial charge in [-0.25, -0.2) is 0 Å². The van der Waals surface area contributed by atoms with E-state index in [0.29, 0.717) is 18.9 Å². The highest BCUT2D eigenvalue weighted by atomic mass is 16.5. The van der Waals surface area contributed by atoms with Crippen LogP contribution in [0.1, 0.15) is 47.0 Å². The van der Waals surface area contributed by atoms with E-state index in [1.165, 1.54) is 5.57 Å². The summed E-state index contributed by atoms with van der Waals surface area (Å²) in [6, 6.07) is 0. The van der Waals surface area contributed by atoms with Crippen LogP contribution in [0.15, 0.2) is 11.6 Å². The van der Waals surface area contributed by atoms with E-state index in [0.717, 1.165) is 19.3 Å². The molecule has 2 heteroatoms. The van der Waals surface area contributed by atoms with Crippen LogP contribution < -0.4 is 0 Å². The zero-order valence-corrected chi connectivity index (χ0v) is 9.01. The third kappa shape index (κ3) is 2.24. The summed E-state index contributed by atoms with van der Waals surface area (Å²) in [6.45, 7) is 5.12. The lowest BCUT2D eigenvalue weighted by molar-refractivity contribution is -0.157. The van der Waals surface area contributed by atoms with Crippen LogP contribution in [-0.4, -0.2) is 12.6 Å². The van der Waals surface area contributed by atoms with E-state index in [-0.39, 0.29) is 18.8 Å². The second-order valence-electron chi connectivity index (χ2n) is 4.88. The molecule has 1 fully saturated rings. The van der Waals surface area contributed by atoms with Gasteiger partial charge in [0.05, 0.1) is 6.61 Å². The van der Waals surface area contributed by atoms with Gasteiger partial charge in [0.1, 0.15) is 0 Å². The Balaban J connectivity index is 0.00000112. The zero-order chi connectivity index (χ0) is 10.2. The Labute approximate surface area is 92.7 Å².